The average molecular weight is 570 g/mol. The smallest absolute Gasteiger partial charge is 0.326 e. The molecule has 12 N–H and O–H groups in total. The van der Waals surface area contributed by atoms with Gasteiger partial charge in [0.2, 0.25) is 17.7 Å². The van der Waals surface area contributed by atoms with Crippen LogP contribution in [0.2, 0.25) is 0 Å². The monoisotopic (exact) mass is 569 g/mol. The van der Waals surface area contributed by atoms with Gasteiger partial charge in [0.1, 0.15) is 23.9 Å². The lowest BCUT2D eigenvalue weighted by molar-refractivity contribution is -0.143. The van der Waals surface area contributed by atoms with Crippen LogP contribution < -0.4 is 33.2 Å². The van der Waals surface area contributed by atoms with Crippen LogP contribution in [0.25, 0.3) is 0 Å². The lowest BCUT2D eigenvalue weighted by atomic mass is 10.0. The normalized spacial score (nSPS) is 14.7. The van der Waals surface area contributed by atoms with Crippen LogP contribution in [0.4, 0.5) is 0 Å². The van der Waals surface area contributed by atoms with Crippen molar-refractivity contribution in [2.24, 2.45) is 22.2 Å². The van der Waals surface area contributed by atoms with Crippen molar-refractivity contribution in [3.8, 4) is 5.75 Å². The minimum absolute atomic E-state index is 0.00814. The molecule has 0 aliphatic heterocycles. The van der Waals surface area contributed by atoms with Crippen molar-refractivity contribution in [1.82, 2.24) is 16.0 Å². The fraction of sp³-hybridized carbons (Fsp3) is 0.542. The van der Waals surface area contributed by atoms with E-state index in [2.05, 4.69) is 20.9 Å². The fourth-order valence-corrected chi connectivity index (χ4v) is 3.90. The topological polar surface area (TPSA) is 255 Å². The van der Waals surface area contributed by atoms with Gasteiger partial charge in [0.05, 0.1) is 12.1 Å². The van der Waals surface area contributed by atoms with Crippen molar-refractivity contribution in [2.75, 3.05) is 18.6 Å². The Bertz CT molecular complexity index is 988. The number of thioether (sulfide) groups is 1. The number of benzene rings is 1. The first-order chi connectivity index (χ1) is 18.3. The highest BCUT2D eigenvalue weighted by Crippen LogP contribution is 2.12. The molecule has 0 heterocycles. The van der Waals surface area contributed by atoms with Crippen LogP contribution in [-0.2, 0) is 25.6 Å². The number of aromatic hydroxyl groups is 1. The molecule has 0 saturated heterocycles. The highest BCUT2D eigenvalue weighted by atomic mass is 32.2. The van der Waals surface area contributed by atoms with Gasteiger partial charge in [-0.2, -0.15) is 11.8 Å². The molecular formula is C24H39N7O7S. The Labute approximate surface area is 231 Å². The number of aliphatic hydroxyl groups excluding tert-OH is 1. The first-order valence-corrected chi connectivity index (χ1v) is 13.6. The van der Waals surface area contributed by atoms with Crippen LogP contribution in [-0.4, -0.2) is 93.8 Å². The summed E-state index contributed by atoms with van der Waals surface area (Å²) in [5, 5.41) is 36.6. The zero-order chi connectivity index (χ0) is 29.5. The van der Waals surface area contributed by atoms with Crippen molar-refractivity contribution < 1.29 is 34.5 Å². The van der Waals surface area contributed by atoms with Gasteiger partial charge in [-0.1, -0.05) is 12.1 Å². The van der Waals surface area contributed by atoms with E-state index in [1.807, 2.05) is 6.26 Å². The Balaban J connectivity index is 3.03. The Hall–Kier alpha value is -3.56. The number of phenols is 1. The number of aliphatic carboxylic acids is 1. The number of nitrogens with two attached hydrogens (primary N) is 3. The fourth-order valence-electron chi connectivity index (χ4n) is 3.41. The zero-order valence-electron chi connectivity index (χ0n) is 22.0. The maximum absolute atomic E-state index is 13.2. The molecule has 0 radical (unpaired) electrons. The zero-order valence-corrected chi connectivity index (χ0v) is 22.8. The molecule has 0 spiro atoms. The number of hydrogen-bond acceptors (Lipinski definition) is 9. The number of phenolic OH excluding ortho intramolecular Hbond substituents is 1. The third-order valence-corrected chi connectivity index (χ3v) is 6.25. The van der Waals surface area contributed by atoms with Crippen molar-refractivity contribution in [3.05, 3.63) is 29.8 Å². The summed E-state index contributed by atoms with van der Waals surface area (Å²) in [4.78, 5) is 54.2. The number of carbonyl (C=O) groups excluding carboxylic acids is 3. The molecule has 15 heteroatoms. The van der Waals surface area contributed by atoms with Gasteiger partial charge in [0.15, 0.2) is 5.96 Å². The number of rotatable bonds is 17. The maximum Gasteiger partial charge on any atom is 0.326 e. The largest absolute Gasteiger partial charge is 0.508 e. The third kappa shape index (κ3) is 12.7. The Kier molecular flexibility index (Phi) is 14.7. The SMILES string of the molecule is CSCCC(N)C(=O)NC(Cc1ccc(O)cc1)C(=O)NC(C(=O)NC(CCCN=C(N)N)C(=O)O)C(C)O. The van der Waals surface area contributed by atoms with E-state index in [4.69, 9.17) is 17.2 Å². The summed E-state index contributed by atoms with van der Waals surface area (Å²) in [6.07, 6.45) is 1.07. The predicted molar refractivity (Wildman–Crippen MR) is 148 cm³/mol. The van der Waals surface area contributed by atoms with Crippen LogP contribution in [0, 0.1) is 0 Å². The summed E-state index contributed by atoms with van der Waals surface area (Å²) < 4.78 is 0. The summed E-state index contributed by atoms with van der Waals surface area (Å²) in [5.41, 5.74) is 17.0. The van der Waals surface area contributed by atoms with Crippen molar-refractivity contribution in [2.45, 2.75) is 62.9 Å². The van der Waals surface area contributed by atoms with Gasteiger partial charge < -0.3 is 48.5 Å². The van der Waals surface area contributed by atoms with Gasteiger partial charge in [0, 0.05) is 13.0 Å². The first-order valence-electron chi connectivity index (χ1n) is 12.3. The van der Waals surface area contributed by atoms with E-state index in [0.29, 0.717) is 17.7 Å². The molecule has 218 valence electrons. The second-order valence-electron chi connectivity index (χ2n) is 8.89. The molecule has 1 aromatic carbocycles. The maximum atomic E-state index is 13.2. The number of nitrogens with one attached hydrogen (secondary N) is 3. The van der Waals surface area contributed by atoms with E-state index in [1.165, 1.54) is 30.8 Å². The van der Waals surface area contributed by atoms with Crippen LogP contribution in [0.1, 0.15) is 31.7 Å². The van der Waals surface area contributed by atoms with E-state index in [0.717, 1.165) is 0 Å². The highest BCUT2D eigenvalue weighted by Gasteiger charge is 2.32. The average Bonchev–Trinajstić information content (AvgIpc) is 2.87. The third-order valence-electron chi connectivity index (χ3n) is 5.60. The van der Waals surface area contributed by atoms with Gasteiger partial charge in [-0.05, 0) is 55.9 Å². The number of nitrogens with zero attached hydrogens (tertiary/aromatic N) is 1. The van der Waals surface area contributed by atoms with Gasteiger partial charge in [-0.25, -0.2) is 4.79 Å². The lowest BCUT2D eigenvalue weighted by Gasteiger charge is -2.26. The summed E-state index contributed by atoms with van der Waals surface area (Å²) >= 11 is 1.51. The summed E-state index contributed by atoms with van der Waals surface area (Å²) in [7, 11) is 0. The van der Waals surface area contributed by atoms with Crippen molar-refractivity contribution >= 4 is 41.4 Å². The minimum atomic E-state index is -1.53. The Morgan fingerprint density at radius 1 is 0.974 bits per heavy atom. The second-order valence-corrected chi connectivity index (χ2v) is 9.88. The summed E-state index contributed by atoms with van der Waals surface area (Å²) in [5.74, 6) is -3.13. The number of carboxylic acid groups (broad SMARTS) is 1. The molecular weight excluding hydrogens is 530 g/mol. The van der Waals surface area contributed by atoms with E-state index in [1.54, 1.807) is 12.1 Å². The van der Waals surface area contributed by atoms with Gasteiger partial charge >= 0.3 is 5.97 Å². The number of amides is 3. The molecule has 39 heavy (non-hydrogen) atoms. The predicted octanol–water partition coefficient (Wildman–Crippen LogP) is -2.01. The lowest BCUT2D eigenvalue weighted by Crippen LogP contribution is -2.60. The molecule has 0 fully saturated rings. The highest BCUT2D eigenvalue weighted by molar-refractivity contribution is 7.98. The molecule has 0 bridgehead atoms. The molecule has 0 saturated carbocycles. The van der Waals surface area contributed by atoms with Crippen molar-refractivity contribution in [1.29, 1.82) is 0 Å². The molecule has 1 rings (SSSR count). The van der Waals surface area contributed by atoms with Crippen LogP contribution >= 0.6 is 11.8 Å². The molecule has 14 nitrogen and oxygen atoms in total. The van der Waals surface area contributed by atoms with E-state index in [9.17, 15) is 34.5 Å². The summed E-state index contributed by atoms with van der Waals surface area (Å²) in [6, 6.07) is 1.05. The van der Waals surface area contributed by atoms with Gasteiger partial charge in [-0.15, -0.1) is 0 Å². The standard InChI is InChI=1S/C24H39N7O7S/c1-13(32)19(22(36)29-17(23(37)38)4-3-10-28-24(26)27)31-21(35)18(12-14-5-7-15(33)8-6-14)30-20(34)16(25)9-11-39-2/h5-8,13,16-19,32-33H,3-4,9-12,25H2,1-2H3,(H,29,36)(H,30,34)(H,31,35)(H,37,38)(H4,26,27,28). The molecule has 0 aromatic heterocycles. The molecule has 5 atom stereocenters. The number of carbonyl (C=O) groups is 4. The number of hydrogen-bond donors (Lipinski definition) is 9. The molecule has 0 aliphatic carbocycles. The molecule has 5 unspecified atom stereocenters. The first kappa shape index (κ1) is 33.5. The number of carboxylic acids is 1. The van der Waals surface area contributed by atoms with E-state index in [-0.39, 0.29) is 37.5 Å². The Morgan fingerprint density at radius 3 is 2.13 bits per heavy atom. The molecule has 0 aliphatic rings. The quantitative estimate of drug-likeness (QED) is 0.0562. The molecule has 1 aromatic rings. The van der Waals surface area contributed by atoms with E-state index >= 15 is 0 Å². The number of aliphatic hydroxyl groups is 1. The second kappa shape index (κ2) is 17.1. The number of guanidine groups is 1. The van der Waals surface area contributed by atoms with E-state index < -0.39 is 54.0 Å². The Morgan fingerprint density at radius 2 is 1.59 bits per heavy atom. The minimum Gasteiger partial charge on any atom is -0.508 e. The van der Waals surface area contributed by atoms with Crippen molar-refractivity contribution in [3.63, 3.8) is 0 Å². The van der Waals surface area contributed by atoms with Crippen LogP contribution in [0.15, 0.2) is 29.3 Å². The van der Waals surface area contributed by atoms with Crippen LogP contribution in [0.3, 0.4) is 0 Å². The van der Waals surface area contributed by atoms with Gasteiger partial charge in [0.25, 0.3) is 0 Å². The van der Waals surface area contributed by atoms with Crippen LogP contribution in [0.5, 0.6) is 5.75 Å². The van der Waals surface area contributed by atoms with Gasteiger partial charge in [-0.3, -0.25) is 19.4 Å². The number of aliphatic imine (C=N–C) groups is 1. The molecule has 3 amide bonds. The summed E-state index contributed by atoms with van der Waals surface area (Å²) in [6.45, 7) is 1.40.